The maximum absolute atomic E-state index is 14.1. The topological polar surface area (TPSA) is 86.8 Å². The molecule has 4 aliphatic rings. The van der Waals surface area contributed by atoms with Crippen LogP contribution in [-0.2, 0) is 31.6 Å². The highest BCUT2D eigenvalue weighted by Gasteiger charge is 2.51. The number of sulfonamides is 1. The van der Waals surface area contributed by atoms with Crippen LogP contribution in [-0.4, -0.2) is 50.0 Å². The molecule has 0 spiro atoms. The number of nitrogens with one attached hydrogen (secondary N) is 1. The third-order valence-corrected chi connectivity index (χ3v) is 11.6. The fourth-order valence-electron chi connectivity index (χ4n) is 8.39. The first-order valence-electron chi connectivity index (χ1n) is 16.1. The minimum atomic E-state index is -3.78. The molecule has 7 nitrogen and oxygen atoms in total. The molecule has 2 amide bonds. The Bertz CT molecular complexity index is 1390. The lowest BCUT2D eigenvalue weighted by Gasteiger charge is -2.57. The van der Waals surface area contributed by atoms with Crippen LogP contribution >= 0.6 is 0 Å². The molecule has 0 aliphatic heterocycles. The molecule has 0 unspecified atom stereocenters. The second-order valence-corrected chi connectivity index (χ2v) is 15.6. The van der Waals surface area contributed by atoms with Crippen molar-refractivity contribution < 1.29 is 18.0 Å². The molecule has 0 heterocycles. The second-order valence-electron chi connectivity index (χ2n) is 13.7. The van der Waals surface area contributed by atoms with Crippen LogP contribution in [0.4, 0.5) is 5.69 Å². The molecule has 4 fully saturated rings. The lowest BCUT2D eigenvalue weighted by atomic mass is 9.48. The van der Waals surface area contributed by atoms with Crippen molar-refractivity contribution >= 4 is 27.5 Å². The number of rotatable bonds is 12. The van der Waals surface area contributed by atoms with E-state index < -0.39 is 22.0 Å². The van der Waals surface area contributed by atoms with Gasteiger partial charge in [-0.05, 0) is 117 Å². The molecule has 2 aromatic rings. The van der Waals surface area contributed by atoms with E-state index in [1.165, 1.54) is 48.4 Å². The number of benzene rings is 2. The lowest BCUT2D eigenvalue weighted by Crippen LogP contribution is -2.53. The number of hydrogen-bond donors (Lipinski definition) is 1. The van der Waals surface area contributed by atoms with E-state index in [0.717, 1.165) is 41.6 Å². The van der Waals surface area contributed by atoms with Crippen molar-refractivity contribution in [2.24, 2.45) is 17.8 Å². The molecule has 8 heteroatoms. The highest BCUT2D eigenvalue weighted by atomic mass is 32.2. The fourth-order valence-corrected chi connectivity index (χ4v) is 9.24. The Morgan fingerprint density at radius 1 is 0.930 bits per heavy atom. The van der Waals surface area contributed by atoms with Gasteiger partial charge in [0.15, 0.2) is 0 Å². The summed E-state index contributed by atoms with van der Waals surface area (Å²) in [6, 6.07) is 15.0. The number of amides is 2. The Balaban J connectivity index is 1.41. The Hall–Kier alpha value is -2.87. The summed E-state index contributed by atoms with van der Waals surface area (Å²) in [5, 5.41) is 3.03. The van der Waals surface area contributed by atoms with Crippen molar-refractivity contribution in [1.82, 2.24) is 10.2 Å². The van der Waals surface area contributed by atoms with Gasteiger partial charge < -0.3 is 10.2 Å². The molecule has 4 aliphatic carbocycles. The summed E-state index contributed by atoms with van der Waals surface area (Å²) >= 11 is 0. The molecule has 234 valence electrons. The third kappa shape index (κ3) is 6.79. The summed E-state index contributed by atoms with van der Waals surface area (Å²) < 4.78 is 27.5. The van der Waals surface area contributed by atoms with E-state index >= 15 is 0 Å². The van der Waals surface area contributed by atoms with Crippen LogP contribution in [0.15, 0.2) is 48.5 Å². The average molecular weight is 608 g/mol. The van der Waals surface area contributed by atoms with Crippen LogP contribution in [0.1, 0.15) is 88.8 Å². The number of nitrogens with zero attached hydrogens (tertiary/aromatic N) is 2. The van der Waals surface area contributed by atoms with Gasteiger partial charge in [-0.25, -0.2) is 8.42 Å². The Kier molecular flexibility index (Phi) is 9.26. The number of hydrogen-bond acceptors (Lipinski definition) is 4. The van der Waals surface area contributed by atoms with Crippen molar-refractivity contribution in [2.75, 3.05) is 17.1 Å². The zero-order valence-corrected chi connectivity index (χ0v) is 27.3. The predicted octanol–water partition coefficient (Wildman–Crippen LogP) is 5.95. The van der Waals surface area contributed by atoms with Gasteiger partial charge in [-0.2, -0.15) is 0 Å². The number of anilines is 1. The molecule has 6 rings (SSSR count). The average Bonchev–Trinajstić information content (AvgIpc) is 2.95. The summed E-state index contributed by atoms with van der Waals surface area (Å²) in [6.45, 7) is 7.66. The number of carbonyl (C=O) groups is 2. The molecule has 1 N–H and O–H groups in total. The van der Waals surface area contributed by atoms with E-state index in [2.05, 4.69) is 17.4 Å². The smallest absolute Gasteiger partial charge is 0.244 e. The fraction of sp³-hybridized carbons (Fsp3) is 0.600. The van der Waals surface area contributed by atoms with Crippen LogP contribution in [0.25, 0.3) is 0 Å². The Labute approximate surface area is 258 Å². The van der Waals surface area contributed by atoms with E-state index in [1.54, 1.807) is 4.90 Å². The molecule has 4 saturated carbocycles. The quantitative estimate of drug-likeness (QED) is 0.323. The molecule has 0 radical (unpaired) electrons. The van der Waals surface area contributed by atoms with Crippen molar-refractivity contribution in [3.63, 3.8) is 0 Å². The highest BCUT2D eigenvalue weighted by Crippen LogP contribution is 2.60. The normalized spacial score (nSPS) is 25.7. The van der Waals surface area contributed by atoms with E-state index in [-0.39, 0.29) is 30.5 Å². The molecule has 4 bridgehead atoms. The standard InChI is InChI=1S/C35H49N3O4S/c1-6-25(4)36-34(40)32(7-2)37(22-29-11-9-8-10-24(29)3)33(39)23-38(43(5,41)42)31-14-12-30(13-15-31)35-19-26-16-27(20-35)18-28(17-26)21-35/h8-15,25-28,32H,6-7,16-23H2,1-5H3,(H,36,40)/t25-,26?,27?,28?,32-,35?/m0/s1. The van der Waals surface area contributed by atoms with Gasteiger partial charge in [0.1, 0.15) is 12.6 Å². The van der Waals surface area contributed by atoms with Crippen LogP contribution in [0.3, 0.4) is 0 Å². The van der Waals surface area contributed by atoms with Gasteiger partial charge in [0.2, 0.25) is 21.8 Å². The van der Waals surface area contributed by atoms with Gasteiger partial charge in [0, 0.05) is 12.6 Å². The maximum atomic E-state index is 14.1. The minimum absolute atomic E-state index is 0.0306. The summed E-state index contributed by atoms with van der Waals surface area (Å²) in [6.07, 6.45) is 10.1. The Morgan fingerprint density at radius 2 is 1.51 bits per heavy atom. The first-order valence-corrected chi connectivity index (χ1v) is 18.0. The lowest BCUT2D eigenvalue weighted by molar-refractivity contribution is -0.140. The second kappa shape index (κ2) is 12.6. The van der Waals surface area contributed by atoms with E-state index in [1.807, 2.05) is 64.1 Å². The van der Waals surface area contributed by atoms with Gasteiger partial charge >= 0.3 is 0 Å². The van der Waals surface area contributed by atoms with Crippen LogP contribution in [0, 0.1) is 24.7 Å². The number of aryl methyl sites for hydroxylation is 1. The zero-order chi connectivity index (χ0) is 30.9. The van der Waals surface area contributed by atoms with E-state index in [9.17, 15) is 18.0 Å². The monoisotopic (exact) mass is 607 g/mol. The molecule has 0 aromatic heterocycles. The van der Waals surface area contributed by atoms with Gasteiger partial charge in [-0.1, -0.05) is 50.2 Å². The molecule has 0 saturated heterocycles. The maximum Gasteiger partial charge on any atom is 0.244 e. The SMILES string of the molecule is CC[C@H](C)NC(=O)[C@H](CC)N(Cc1ccccc1C)C(=O)CN(c1ccc(C23CC4CC(CC(C4)C2)C3)cc1)S(C)(=O)=O. The van der Waals surface area contributed by atoms with Crippen LogP contribution in [0.2, 0.25) is 0 Å². The summed E-state index contributed by atoms with van der Waals surface area (Å²) in [5.41, 5.74) is 3.94. The highest BCUT2D eigenvalue weighted by molar-refractivity contribution is 7.92. The van der Waals surface area contributed by atoms with Crippen molar-refractivity contribution in [1.29, 1.82) is 0 Å². The third-order valence-electron chi connectivity index (χ3n) is 10.5. The minimum Gasteiger partial charge on any atom is -0.352 e. The largest absolute Gasteiger partial charge is 0.352 e. The van der Waals surface area contributed by atoms with Gasteiger partial charge in [-0.3, -0.25) is 13.9 Å². The first kappa shape index (κ1) is 31.6. The van der Waals surface area contributed by atoms with Crippen molar-refractivity contribution in [3.8, 4) is 0 Å². The molecular formula is C35H49N3O4S. The van der Waals surface area contributed by atoms with Crippen LogP contribution < -0.4 is 9.62 Å². The summed E-state index contributed by atoms with van der Waals surface area (Å²) in [7, 11) is -3.78. The summed E-state index contributed by atoms with van der Waals surface area (Å²) in [5.74, 6) is 1.84. The van der Waals surface area contributed by atoms with Crippen molar-refractivity contribution in [3.05, 3.63) is 65.2 Å². The van der Waals surface area contributed by atoms with E-state index in [4.69, 9.17) is 0 Å². The van der Waals surface area contributed by atoms with Crippen LogP contribution in [0.5, 0.6) is 0 Å². The predicted molar refractivity (Wildman–Crippen MR) is 172 cm³/mol. The number of carbonyl (C=O) groups excluding carboxylic acids is 2. The van der Waals surface area contributed by atoms with E-state index in [0.29, 0.717) is 12.1 Å². The van der Waals surface area contributed by atoms with Gasteiger partial charge in [0.05, 0.1) is 11.9 Å². The molecule has 2 atom stereocenters. The van der Waals surface area contributed by atoms with Gasteiger partial charge in [-0.15, -0.1) is 0 Å². The molecule has 43 heavy (non-hydrogen) atoms. The Morgan fingerprint density at radius 3 is 2.02 bits per heavy atom. The van der Waals surface area contributed by atoms with Gasteiger partial charge in [0.25, 0.3) is 0 Å². The van der Waals surface area contributed by atoms with Crippen molar-refractivity contribution in [2.45, 2.75) is 103 Å². The molecular weight excluding hydrogens is 558 g/mol. The molecule has 2 aromatic carbocycles. The summed E-state index contributed by atoms with van der Waals surface area (Å²) in [4.78, 5) is 29.0. The first-order chi connectivity index (χ1) is 20.4. The zero-order valence-electron chi connectivity index (χ0n) is 26.5.